The lowest BCUT2D eigenvalue weighted by atomic mass is 10.3. The first-order chi connectivity index (χ1) is 12.7. The third-order valence-electron chi connectivity index (χ3n) is 5.15. The van der Waals surface area contributed by atoms with E-state index in [1.54, 1.807) is 11.0 Å². The van der Waals surface area contributed by atoms with Crippen molar-refractivity contribution in [1.29, 1.82) is 0 Å². The van der Waals surface area contributed by atoms with Crippen molar-refractivity contribution in [3.05, 3.63) is 30.4 Å². The molecule has 4 heterocycles. The molecule has 2 saturated heterocycles. The predicted molar refractivity (Wildman–Crippen MR) is 98.4 cm³/mol. The van der Waals surface area contributed by atoms with E-state index < -0.39 is 0 Å². The second-order valence-electron chi connectivity index (χ2n) is 6.95. The SMILES string of the molecule is Cc1ccn(-c2cc(N3CCN(CCN4CCCC4=O)CC3)ncn2)n1. The molecule has 8 nitrogen and oxygen atoms in total. The first-order valence-electron chi connectivity index (χ1n) is 9.29. The molecule has 1 amide bonds. The van der Waals surface area contributed by atoms with Crippen LogP contribution in [0.3, 0.4) is 0 Å². The lowest BCUT2D eigenvalue weighted by molar-refractivity contribution is -0.127. The number of hydrogen-bond acceptors (Lipinski definition) is 6. The Bertz CT molecular complexity index is 766. The second-order valence-corrected chi connectivity index (χ2v) is 6.95. The normalized spacial score (nSPS) is 18.7. The van der Waals surface area contributed by atoms with Gasteiger partial charge in [0.15, 0.2) is 5.82 Å². The van der Waals surface area contributed by atoms with Gasteiger partial charge in [0.1, 0.15) is 12.1 Å². The minimum absolute atomic E-state index is 0.311. The highest BCUT2D eigenvalue weighted by molar-refractivity contribution is 5.78. The van der Waals surface area contributed by atoms with Crippen molar-refractivity contribution >= 4 is 11.7 Å². The molecule has 4 rings (SSSR count). The van der Waals surface area contributed by atoms with E-state index in [4.69, 9.17) is 0 Å². The molecule has 2 aliphatic heterocycles. The van der Waals surface area contributed by atoms with Gasteiger partial charge in [-0.3, -0.25) is 9.69 Å². The summed E-state index contributed by atoms with van der Waals surface area (Å²) in [5, 5.41) is 4.41. The van der Waals surface area contributed by atoms with Crippen molar-refractivity contribution in [2.75, 3.05) is 50.7 Å². The number of piperazine rings is 1. The Morgan fingerprint density at radius 1 is 1.04 bits per heavy atom. The highest BCUT2D eigenvalue weighted by Gasteiger charge is 2.23. The van der Waals surface area contributed by atoms with E-state index in [0.29, 0.717) is 5.91 Å². The van der Waals surface area contributed by atoms with E-state index in [-0.39, 0.29) is 0 Å². The average molecular weight is 355 g/mol. The van der Waals surface area contributed by atoms with Crippen LogP contribution in [0.4, 0.5) is 5.82 Å². The molecular formula is C18H25N7O. The Hall–Kier alpha value is -2.48. The number of anilines is 1. The summed E-state index contributed by atoms with van der Waals surface area (Å²) in [4.78, 5) is 27.2. The zero-order valence-electron chi connectivity index (χ0n) is 15.2. The summed E-state index contributed by atoms with van der Waals surface area (Å²) in [5.74, 6) is 2.04. The highest BCUT2D eigenvalue weighted by atomic mass is 16.2. The summed E-state index contributed by atoms with van der Waals surface area (Å²) >= 11 is 0. The Morgan fingerprint density at radius 2 is 1.85 bits per heavy atom. The lowest BCUT2D eigenvalue weighted by Gasteiger charge is -2.36. The smallest absolute Gasteiger partial charge is 0.222 e. The van der Waals surface area contributed by atoms with Crippen molar-refractivity contribution in [2.45, 2.75) is 19.8 Å². The minimum Gasteiger partial charge on any atom is -0.354 e. The van der Waals surface area contributed by atoms with Gasteiger partial charge in [-0.2, -0.15) is 5.10 Å². The fourth-order valence-electron chi connectivity index (χ4n) is 3.58. The largest absolute Gasteiger partial charge is 0.354 e. The predicted octanol–water partition coefficient (Wildman–Crippen LogP) is 0.715. The minimum atomic E-state index is 0.311. The van der Waals surface area contributed by atoms with Crippen molar-refractivity contribution in [3.63, 3.8) is 0 Å². The number of likely N-dealkylation sites (tertiary alicyclic amines) is 1. The van der Waals surface area contributed by atoms with Crippen LogP contribution in [0.1, 0.15) is 18.5 Å². The molecule has 0 aromatic carbocycles. The molecule has 0 atom stereocenters. The monoisotopic (exact) mass is 355 g/mol. The molecule has 2 fully saturated rings. The fraction of sp³-hybridized carbons (Fsp3) is 0.556. The van der Waals surface area contributed by atoms with Gasteiger partial charge in [0.2, 0.25) is 5.91 Å². The van der Waals surface area contributed by atoms with Crippen molar-refractivity contribution < 1.29 is 4.79 Å². The molecular weight excluding hydrogens is 330 g/mol. The maximum absolute atomic E-state index is 11.7. The van der Waals surface area contributed by atoms with Crippen LogP contribution in [0, 0.1) is 6.92 Å². The zero-order valence-corrected chi connectivity index (χ0v) is 15.2. The molecule has 0 unspecified atom stereocenters. The first kappa shape index (κ1) is 17.0. The van der Waals surface area contributed by atoms with E-state index in [0.717, 1.165) is 76.0 Å². The average Bonchev–Trinajstić information content (AvgIpc) is 3.29. The third kappa shape index (κ3) is 3.70. The second kappa shape index (κ2) is 7.41. The van der Waals surface area contributed by atoms with Crippen LogP contribution in [-0.2, 0) is 4.79 Å². The Labute approximate surface area is 153 Å². The van der Waals surface area contributed by atoms with Crippen LogP contribution < -0.4 is 4.90 Å². The molecule has 0 spiro atoms. The number of rotatable bonds is 5. The summed E-state index contributed by atoms with van der Waals surface area (Å²) in [6.07, 6.45) is 5.25. The number of aryl methyl sites for hydroxylation is 1. The van der Waals surface area contributed by atoms with E-state index in [1.165, 1.54) is 0 Å². The number of carbonyl (C=O) groups is 1. The number of hydrogen-bond donors (Lipinski definition) is 0. The summed E-state index contributed by atoms with van der Waals surface area (Å²) in [6, 6.07) is 3.96. The summed E-state index contributed by atoms with van der Waals surface area (Å²) in [5.41, 5.74) is 0.968. The maximum atomic E-state index is 11.7. The van der Waals surface area contributed by atoms with Crippen LogP contribution in [0.15, 0.2) is 24.7 Å². The van der Waals surface area contributed by atoms with Gasteiger partial charge in [-0.1, -0.05) is 0 Å². The van der Waals surface area contributed by atoms with Gasteiger partial charge >= 0.3 is 0 Å². The van der Waals surface area contributed by atoms with Crippen LogP contribution in [0.2, 0.25) is 0 Å². The van der Waals surface area contributed by atoms with Crippen molar-refractivity contribution in [3.8, 4) is 5.82 Å². The van der Waals surface area contributed by atoms with E-state index in [1.807, 2.05) is 30.2 Å². The molecule has 2 aliphatic rings. The maximum Gasteiger partial charge on any atom is 0.222 e. The number of nitrogens with zero attached hydrogens (tertiary/aromatic N) is 7. The molecule has 26 heavy (non-hydrogen) atoms. The molecule has 0 aliphatic carbocycles. The van der Waals surface area contributed by atoms with Gasteiger partial charge in [-0.25, -0.2) is 14.6 Å². The van der Waals surface area contributed by atoms with Gasteiger partial charge in [0, 0.05) is 64.5 Å². The fourth-order valence-corrected chi connectivity index (χ4v) is 3.58. The Kier molecular flexibility index (Phi) is 4.83. The van der Waals surface area contributed by atoms with Crippen molar-refractivity contribution in [1.82, 2.24) is 29.5 Å². The third-order valence-corrected chi connectivity index (χ3v) is 5.15. The van der Waals surface area contributed by atoms with Crippen LogP contribution >= 0.6 is 0 Å². The number of amides is 1. The molecule has 0 radical (unpaired) electrons. The van der Waals surface area contributed by atoms with E-state index >= 15 is 0 Å². The van der Waals surface area contributed by atoms with Crippen molar-refractivity contribution in [2.24, 2.45) is 0 Å². The molecule has 2 aromatic heterocycles. The zero-order chi connectivity index (χ0) is 17.9. The molecule has 0 saturated carbocycles. The highest BCUT2D eigenvalue weighted by Crippen LogP contribution is 2.16. The molecule has 0 bridgehead atoms. The van der Waals surface area contributed by atoms with E-state index in [9.17, 15) is 4.79 Å². The number of aromatic nitrogens is 4. The Balaban J connectivity index is 1.32. The van der Waals surface area contributed by atoms with Gasteiger partial charge in [0.25, 0.3) is 0 Å². The van der Waals surface area contributed by atoms with Gasteiger partial charge in [-0.15, -0.1) is 0 Å². The summed E-state index contributed by atoms with van der Waals surface area (Å²) in [7, 11) is 0. The van der Waals surface area contributed by atoms with Crippen LogP contribution in [0.25, 0.3) is 5.82 Å². The van der Waals surface area contributed by atoms with Crippen LogP contribution in [0.5, 0.6) is 0 Å². The van der Waals surface area contributed by atoms with Gasteiger partial charge in [0.05, 0.1) is 5.69 Å². The standard InChI is InChI=1S/C18H25N7O/c1-15-4-6-25(21-15)17-13-16(19-14-20-17)23-10-7-22(8-11-23)9-12-24-5-2-3-18(24)26/h4,6,13-14H,2-3,5,7-12H2,1H3. The first-order valence-corrected chi connectivity index (χ1v) is 9.29. The number of carbonyl (C=O) groups excluding carboxylic acids is 1. The topological polar surface area (TPSA) is 70.4 Å². The van der Waals surface area contributed by atoms with Gasteiger partial charge < -0.3 is 9.80 Å². The van der Waals surface area contributed by atoms with Crippen LogP contribution in [-0.4, -0.2) is 81.3 Å². The quantitative estimate of drug-likeness (QED) is 0.787. The molecule has 138 valence electrons. The molecule has 2 aromatic rings. The van der Waals surface area contributed by atoms with Gasteiger partial charge in [-0.05, 0) is 19.4 Å². The molecule has 8 heteroatoms. The summed E-state index contributed by atoms with van der Waals surface area (Å²) < 4.78 is 1.78. The van der Waals surface area contributed by atoms with E-state index in [2.05, 4.69) is 24.9 Å². The summed E-state index contributed by atoms with van der Waals surface area (Å²) in [6.45, 7) is 8.55. The Morgan fingerprint density at radius 3 is 2.54 bits per heavy atom. The lowest BCUT2D eigenvalue weighted by Crippen LogP contribution is -2.48. The molecule has 0 N–H and O–H groups in total.